The number of nitrogens with two attached hydrogens (primary N) is 1. The molecular formula is C14H20BrN3O. The first-order valence-electron chi connectivity index (χ1n) is 6.37. The fourth-order valence-corrected chi connectivity index (χ4v) is 2.66. The molecule has 104 valence electrons. The first kappa shape index (κ1) is 14.3. The normalized spacial score (nSPS) is 19.5. The molecular weight excluding hydrogens is 306 g/mol. The van der Waals surface area contributed by atoms with Crippen molar-refractivity contribution in [3.63, 3.8) is 0 Å². The predicted molar refractivity (Wildman–Crippen MR) is 81.2 cm³/mol. The molecule has 2 rings (SSSR count). The lowest BCUT2D eigenvalue weighted by Crippen LogP contribution is -2.58. The number of carbonyl (C=O) groups is 1. The Kier molecular flexibility index (Phi) is 3.87. The van der Waals surface area contributed by atoms with Crippen LogP contribution in [0.1, 0.15) is 24.2 Å². The van der Waals surface area contributed by atoms with Crippen LogP contribution in [0.2, 0.25) is 0 Å². The molecule has 1 heterocycles. The van der Waals surface area contributed by atoms with Gasteiger partial charge in [0.25, 0.3) is 5.91 Å². The van der Waals surface area contributed by atoms with E-state index >= 15 is 0 Å². The van der Waals surface area contributed by atoms with E-state index in [1.54, 1.807) is 12.1 Å². The van der Waals surface area contributed by atoms with E-state index in [0.717, 1.165) is 17.6 Å². The second-order valence-electron chi connectivity index (χ2n) is 5.69. The Labute approximate surface area is 122 Å². The molecule has 1 aliphatic heterocycles. The molecule has 19 heavy (non-hydrogen) atoms. The molecule has 0 unspecified atom stereocenters. The molecule has 0 atom stereocenters. The highest BCUT2D eigenvalue weighted by molar-refractivity contribution is 9.10. The van der Waals surface area contributed by atoms with Crippen molar-refractivity contribution < 1.29 is 4.79 Å². The minimum Gasteiger partial charge on any atom is -0.398 e. The lowest BCUT2D eigenvalue weighted by atomic mass is 9.99. The average molecular weight is 326 g/mol. The average Bonchev–Trinajstić information content (AvgIpc) is 2.35. The van der Waals surface area contributed by atoms with Gasteiger partial charge in [0.1, 0.15) is 0 Å². The molecule has 1 aromatic rings. The van der Waals surface area contributed by atoms with Crippen LogP contribution in [-0.2, 0) is 0 Å². The van der Waals surface area contributed by atoms with Crippen LogP contribution in [0.5, 0.6) is 0 Å². The van der Waals surface area contributed by atoms with Crippen molar-refractivity contribution in [1.82, 2.24) is 9.80 Å². The van der Waals surface area contributed by atoms with Crippen molar-refractivity contribution in [3.8, 4) is 0 Å². The van der Waals surface area contributed by atoms with Gasteiger partial charge in [-0.2, -0.15) is 0 Å². The van der Waals surface area contributed by atoms with Crippen LogP contribution in [0.15, 0.2) is 22.7 Å². The molecule has 1 aliphatic rings. The van der Waals surface area contributed by atoms with Crippen LogP contribution in [0, 0.1) is 0 Å². The van der Waals surface area contributed by atoms with Crippen LogP contribution < -0.4 is 5.73 Å². The summed E-state index contributed by atoms with van der Waals surface area (Å²) in [7, 11) is 2.09. The minimum atomic E-state index is -0.00527. The Bertz CT molecular complexity index is 501. The summed E-state index contributed by atoms with van der Waals surface area (Å²) >= 11 is 3.39. The van der Waals surface area contributed by atoms with Crippen molar-refractivity contribution in [2.75, 3.05) is 32.4 Å². The molecule has 1 amide bonds. The van der Waals surface area contributed by atoms with Gasteiger partial charge in [-0.05, 0) is 39.1 Å². The van der Waals surface area contributed by atoms with Crippen LogP contribution in [0.3, 0.4) is 0 Å². The molecule has 1 saturated heterocycles. The Hall–Kier alpha value is -1.07. The van der Waals surface area contributed by atoms with Gasteiger partial charge in [0.15, 0.2) is 0 Å². The molecule has 5 heteroatoms. The number of carbonyl (C=O) groups excluding carboxylic acids is 1. The third kappa shape index (κ3) is 2.92. The topological polar surface area (TPSA) is 49.6 Å². The van der Waals surface area contributed by atoms with Crippen molar-refractivity contribution in [2.45, 2.75) is 19.4 Å². The fourth-order valence-electron chi connectivity index (χ4n) is 2.30. The number of benzene rings is 1. The summed E-state index contributed by atoms with van der Waals surface area (Å²) in [5, 5.41) is 0. The van der Waals surface area contributed by atoms with Gasteiger partial charge in [-0.15, -0.1) is 0 Å². The number of rotatable bonds is 1. The zero-order chi connectivity index (χ0) is 14.2. The maximum atomic E-state index is 12.6. The second-order valence-corrected chi connectivity index (χ2v) is 6.61. The molecule has 0 radical (unpaired) electrons. The molecule has 2 N–H and O–H groups in total. The number of hydrogen-bond donors (Lipinski definition) is 1. The van der Waals surface area contributed by atoms with E-state index in [4.69, 9.17) is 5.73 Å². The van der Waals surface area contributed by atoms with Crippen LogP contribution in [0.25, 0.3) is 0 Å². The van der Waals surface area contributed by atoms with Gasteiger partial charge < -0.3 is 10.6 Å². The SMILES string of the molecule is CN1CCN(C(=O)c2cc(Br)ccc2N)CC1(C)C. The molecule has 1 aromatic carbocycles. The quantitative estimate of drug-likeness (QED) is 0.805. The van der Waals surface area contributed by atoms with Gasteiger partial charge in [0, 0.05) is 35.3 Å². The van der Waals surface area contributed by atoms with Gasteiger partial charge in [-0.25, -0.2) is 0 Å². The molecule has 0 spiro atoms. The Morgan fingerprint density at radius 1 is 1.37 bits per heavy atom. The Morgan fingerprint density at radius 3 is 2.68 bits per heavy atom. The van der Waals surface area contributed by atoms with E-state index in [1.807, 2.05) is 11.0 Å². The van der Waals surface area contributed by atoms with Gasteiger partial charge in [0.05, 0.1) is 5.56 Å². The van der Waals surface area contributed by atoms with Crippen molar-refractivity contribution in [3.05, 3.63) is 28.2 Å². The fraction of sp³-hybridized carbons (Fsp3) is 0.500. The van der Waals surface area contributed by atoms with E-state index in [2.05, 4.69) is 41.7 Å². The lowest BCUT2D eigenvalue weighted by Gasteiger charge is -2.45. The van der Waals surface area contributed by atoms with Crippen LogP contribution >= 0.6 is 15.9 Å². The first-order chi connectivity index (χ1) is 8.81. The summed E-state index contributed by atoms with van der Waals surface area (Å²) in [6, 6.07) is 5.40. The number of nitrogens with zero attached hydrogens (tertiary/aromatic N) is 2. The minimum absolute atomic E-state index is 0.00527. The van der Waals surface area contributed by atoms with Gasteiger partial charge in [-0.3, -0.25) is 9.69 Å². The van der Waals surface area contributed by atoms with E-state index in [1.165, 1.54) is 0 Å². The standard InChI is InChI=1S/C14H20BrN3O/c1-14(2)9-18(7-6-17(14)3)13(19)11-8-10(15)4-5-12(11)16/h4-5,8H,6-7,9,16H2,1-3H3. The van der Waals surface area contributed by atoms with E-state index in [9.17, 15) is 4.79 Å². The van der Waals surface area contributed by atoms with Gasteiger partial charge >= 0.3 is 0 Å². The molecule has 0 aliphatic carbocycles. The lowest BCUT2D eigenvalue weighted by molar-refractivity contribution is 0.0312. The highest BCUT2D eigenvalue weighted by Crippen LogP contribution is 2.24. The highest BCUT2D eigenvalue weighted by Gasteiger charge is 2.33. The number of piperazine rings is 1. The summed E-state index contributed by atoms with van der Waals surface area (Å²) in [4.78, 5) is 16.7. The monoisotopic (exact) mass is 325 g/mol. The van der Waals surface area contributed by atoms with Crippen LogP contribution in [-0.4, -0.2) is 47.9 Å². The van der Waals surface area contributed by atoms with Gasteiger partial charge in [0.2, 0.25) is 0 Å². The predicted octanol–water partition coefficient (Wildman–Crippen LogP) is 2.20. The Balaban J connectivity index is 2.23. The number of anilines is 1. The third-order valence-electron chi connectivity index (χ3n) is 3.85. The number of likely N-dealkylation sites (N-methyl/N-ethyl adjacent to an activating group) is 1. The summed E-state index contributed by atoms with van der Waals surface area (Å²) in [6.07, 6.45) is 0. The maximum absolute atomic E-state index is 12.6. The molecule has 4 nitrogen and oxygen atoms in total. The number of amides is 1. The largest absolute Gasteiger partial charge is 0.398 e. The number of hydrogen-bond acceptors (Lipinski definition) is 3. The third-order valence-corrected chi connectivity index (χ3v) is 4.34. The summed E-state index contributed by atoms with van der Waals surface area (Å²) in [5.74, 6) is 0.0139. The van der Waals surface area contributed by atoms with E-state index < -0.39 is 0 Å². The molecule has 0 saturated carbocycles. The zero-order valence-electron chi connectivity index (χ0n) is 11.6. The molecule has 1 fully saturated rings. The molecule has 0 bridgehead atoms. The van der Waals surface area contributed by atoms with Crippen LogP contribution in [0.4, 0.5) is 5.69 Å². The molecule has 0 aromatic heterocycles. The zero-order valence-corrected chi connectivity index (χ0v) is 13.2. The summed E-state index contributed by atoms with van der Waals surface area (Å²) in [5.41, 5.74) is 7.02. The van der Waals surface area contributed by atoms with Crippen molar-refractivity contribution >= 4 is 27.5 Å². The smallest absolute Gasteiger partial charge is 0.256 e. The summed E-state index contributed by atoms with van der Waals surface area (Å²) < 4.78 is 0.874. The van der Waals surface area contributed by atoms with Crippen molar-refractivity contribution in [2.24, 2.45) is 0 Å². The second kappa shape index (κ2) is 5.13. The summed E-state index contributed by atoms with van der Waals surface area (Å²) in [6.45, 7) is 6.64. The van der Waals surface area contributed by atoms with Gasteiger partial charge in [-0.1, -0.05) is 15.9 Å². The van der Waals surface area contributed by atoms with E-state index in [-0.39, 0.29) is 11.4 Å². The van der Waals surface area contributed by atoms with Crippen molar-refractivity contribution in [1.29, 1.82) is 0 Å². The first-order valence-corrected chi connectivity index (χ1v) is 7.16. The highest BCUT2D eigenvalue weighted by atomic mass is 79.9. The number of halogens is 1. The Morgan fingerprint density at radius 2 is 2.05 bits per heavy atom. The number of nitrogen functional groups attached to an aromatic ring is 1. The van der Waals surface area contributed by atoms with E-state index in [0.29, 0.717) is 17.8 Å². The maximum Gasteiger partial charge on any atom is 0.256 e.